The first-order valence-electron chi connectivity index (χ1n) is 5.70. The van der Waals surface area contributed by atoms with Crippen LogP contribution in [0.25, 0.3) is 0 Å². The molecule has 0 bridgehead atoms. The number of rotatable bonds is 3. The lowest BCUT2D eigenvalue weighted by atomic mass is 10.1. The number of aromatic nitrogens is 3. The lowest BCUT2D eigenvalue weighted by Crippen LogP contribution is -2.27. The van der Waals surface area contributed by atoms with Crippen molar-refractivity contribution >= 4 is 11.6 Å². The molecule has 0 fully saturated rings. The molecule has 1 atom stereocenters. The van der Waals surface area contributed by atoms with E-state index in [1.807, 2.05) is 0 Å². The third-order valence-corrected chi connectivity index (χ3v) is 2.84. The van der Waals surface area contributed by atoms with Crippen molar-refractivity contribution in [3.05, 3.63) is 41.2 Å². The van der Waals surface area contributed by atoms with Crippen molar-refractivity contribution in [3.8, 4) is 0 Å². The zero-order chi connectivity index (χ0) is 14.0. The van der Waals surface area contributed by atoms with Gasteiger partial charge in [0.05, 0.1) is 6.04 Å². The summed E-state index contributed by atoms with van der Waals surface area (Å²) >= 11 is 0. The average Bonchev–Trinajstić information content (AvgIpc) is 2.89. The van der Waals surface area contributed by atoms with Gasteiger partial charge in [0, 0.05) is 16.8 Å². The number of carbonyl (C=O) groups excluding carboxylic acids is 1. The molecule has 0 aliphatic rings. The van der Waals surface area contributed by atoms with E-state index in [2.05, 4.69) is 20.5 Å². The summed E-state index contributed by atoms with van der Waals surface area (Å²) in [5.74, 6) is -0.402. The van der Waals surface area contributed by atoms with Gasteiger partial charge in [-0.1, -0.05) is 0 Å². The van der Waals surface area contributed by atoms with Crippen molar-refractivity contribution < 1.29 is 9.18 Å². The van der Waals surface area contributed by atoms with Crippen molar-refractivity contribution in [2.75, 3.05) is 5.73 Å². The minimum atomic E-state index is -0.502. The Kier molecular flexibility index (Phi) is 3.46. The van der Waals surface area contributed by atoms with Crippen LogP contribution >= 0.6 is 0 Å². The fraction of sp³-hybridized carbons (Fsp3) is 0.250. The van der Waals surface area contributed by atoms with Gasteiger partial charge in [-0.05, 0) is 26.0 Å². The standard InChI is InChI=1S/C12H14FN5O/c1-6-9(13)3-8(4-10(6)14)12(19)17-7(2)11-15-5-16-18-11/h3-5,7H,14H2,1-2H3,(H,17,19)(H,15,16,18). The van der Waals surface area contributed by atoms with Crippen molar-refractivity contribution in [1.29, 1.82) is 0 Å². The molecule has 0 radical (unpaired) electrons. The number of carbonyl (C=O) groups is 1. The number of hydrogen-bond donors (Lipinski definition) is 3. The van der Waals surface area contributed by atoms with Gasteiger partial charge in [-0.3, -0.25) is 9.89 Å². The van der Waals surface area contributed by atoms with Crippen molar-refractivity contribution in [2.45, 2.75) is 19.9 Å². The lowest BCUT2D eigenvalue weighted by molar-refractivity contribution is 0.0938. The van der Waals surface area contributed by atoms with Crippen LogP contribution in [0.5, 0.6) is 0 Å². The van der Waals surface area contributed by atoms with E-state index in [1.54, 1.807) is 13.8 Å². The van der Waals surface area contributed by atoms with Gasteiger partial charge in [0.2, 0.25) is 0 Å². The normalized spacial score (nSPS) is 12.2. The molecule has 0 saturated carbocycles. The zero-order valence-corrected chi connectivity index (χ0v) is 10.6. The highest BCUT2D eigenvalue weighted by atomic mass is 19.1. The highest BCUT2D eigenvalue weighted by Crippen LogP contribution is 2.18. The third kappa shape index (κ3) is 2.70. The second-order valence-corrected chi connectivity index (χ2v) is 4.24. The summed E-state index contributed by atoms with van der Waals surface area (Å²) in [6.07, 6.45) is 1.35. The smallest absolute Gasteiger partial charge is 0.252 e. The second-order valence-electron chi connectivity index (χ2n) is 4.24. The summed E-state index contributed by atoms with van der Waals surface area (Å²) in [5.41, 5.74) is 6.39. The largest absolute Gasteiger partial charge is 0.398 e. The van der Waals surface area contributed by atoms with Gasteiger partial charge in [0.15, 0.2) is 0 Å². The molecule has 6 nitrogen and oxygen atoms in total. The maximum absolute atomic E-state index is 13.5. The van der Waals surface area contributed by atoms with E-state index in [0.717, 1.165) is 6.07 Å². The summed E-state index contributed by atoms with van der Waals surface area (Å²) in [6, 6.07) is 2.25. The first kappa shape index (κ1) is 13.0. The molecule has 0 aliphatic carbocycles. The maximum Gasteiger partial charge on any atom is 0.252 e. The number of aromatic amines is 1. The van der Waals surface area contributed by atoms with E-state index in [-0.39, 0.29) is 17.3 Å². The molecule has 19 heavy (non-hydrogen) atoms. The van der Waals surface area contributed by atoms with Crippen LogP contribution in [0.2, 0.25) is 0 Å². The van der Waals surface area contributed by atoms with E-state index >= 15 is 0 Å². The first-order chi connectivity index (χ1) is 8.99. The van der Waals surface area contributed by atoms with Gasteiger partial charge < -0.3 is 11.1 Å². The number of amides is 1. The molecule has 0 spiro atoms. The summed E-state index contributed by atoms with van der Waals surface area (Å²) in [6.45, 7) is 3.30. The molecule has 1 aromatic heterocycles. The Hall–Kier alpha value is -2.44. The van der Waals surface area contributed by atoms with E-state index in [4.69, 9.17) is 5.73 Å². The fourth-order valence-electron chi connectivity index (χ4n) is 1.60. The van der Waals surface area contributed by atoms with E-state index in [1.165, 1.54) is 12.4 Å². The number of nitrogens with one attached hydrogen (secondary N) is 2. The van der Waals surface area contributed by atoms with Gasteiger partial charge in [0.25, 0.3) is 5.91 Å². The maximum atomic E-state index is 13.5. The molecule has 100 valence electrons. The van der Waals surface area contributed by atoms with Crippen LogP contribution in [0.4, 0.5) is 10.1 Å². The predicted octanol–water partition coefficient (Wildman–Crippen LogP) is 1.33. The van der Waals surface area contributed by atoms with Crippen LogP contribution in [0.15, 0.2) is 18.5 Å². The Morgan fingerprint density at radius 3 is 2.84 bits per heavy atom. The van der Waals surface area contributed by atoms with Crippen molar-refractivity contribution in [3.63, 3.8) is 0 Å². The van der Waals surface area contributed by atoms with Crippen LogP contribution in [-0.4, -0.2) is 21.1 Å². The quantitative estimate of drug-likeness (QED) is 0.728. The number of benzene rings is 1. The molecule has 4 N–H and O–H groups in total. The van der Waals surface area contributed by atoms with Crippen LogP contribution in [0.3, 0.4) is 0 Å². The number of nitrogens with two attached hydrogens (primary N) is 1. The number of halogens is 1. The Morgan fingerprint density at radius 2 is 2.26 bits per heavy atom. The molecule has 1 heterocycles. The minimum absolute atomic E-state index is 0.173. The van der Waals surface area contributed by atoms with Crippen LogP contribution in [0.1, 0.15) is 34.7 Å². The third-order valence-electron chi connectivity index (χ3n) is 2.84. The van der Waals surface area contributed by atoms with E-state index in [9.17, 15) is 9.18 Å². The van der Waals surface area contributed by atoms with Crippen LogP contribution in [-0.2, 0) is 0 Å². The number of hydrogen-bond acceptors (Lipinski definition) is 4. The van der Waals surface area contributed by atoms with Gasteiger partial charge in [-0.15, -0.1) is 0 Å². The fourth-order valence-corrected chi connectivity index (χ4v) is 1.60. The molecular weight excluding hydrogens is 249 g/mol. The topological polar surface area (TPSA) is 96.7 Å². The van der Waals surface area contributed by atoms with Gasteiger partial charge >= 0.3 is 0 Å². The minimum Gasteiger partial charge on any atom is -0.398 e. The Morgan fingerprint density at radius 1 is 1.53 bits per heavy atom. The predicted molar refractivity (Wildman–Crippen MR) is 67.8 cm³/mol. The molecule has 0 aliphatic heterocycles. The number of anilines is 1. The molecule has 7 heteroatoms. The molecule has 1 aromatic carbocycles. The van der Waals surface area contributed by atoms with Crippen molar-refractivity contribution in [1.82, 2.24) is 20.5 Å². The number of nitrogens with zero attached hydrogens (tertiary/aromatic N) is 2. The summed E-state index contributed by atoms with van der Waals surface area (Å²) in [7, 11) is 0. The monoisotopic (exact) mass is 263 g/mol. The summed E-state index contributed by atoms with van der Waals surface area (Å²) in [5, 5.41) is 9.02. The zero-order valence-electron chi connectivity index (χ0n) is 10.6. The molecule has 2 aromatic rings. The molecule has 2 rings (SSSR count). The highest BCUT2D eigenvalue weighted by Gasteiger charge is 2.15. The summed E-state index contributed by atoms with van der Waals surface area (Å²) in [4.78, 5) is 15.9. The molecule has 1 unspecified atom stereocenters. The molecular formula is C12H14FN5O. The Balaban J connectivity index is 2.16. The summed E-state index contributed by atoms with van der Waals surface area (Å²) < 4.78 is 13.5. The first-order valence-corrected chi connectivity index (χ1v) is 5.70. The van der Waals surface area contributed by atoms with E-state index in [0.29, 0.717) is 11.4 Å². The van der Waals surface area contributed by atoms with Crippen LogP contribution < -0.4 is 11.1 Å². The van der Waals surface area contributed by atoms with Crippen molar-refractivity contribution in [2.24, 2.45) is 0 Å². The van der Waals surface area contributed by atoms with Gasteiger partial charge in [0.1, 0.15) is 18.0 Å². The van der Waals surface area contributed by atoms with Crippen LogP contribution in [0, 0.1) is 12.7 Å². The second kappa shape index (κ2) is 5.05. The lowest BCUT2D eigenvalue weighted by Gasteiger charge is -2.12. The van der Waals surface area contributed by atoms with Gasteiger partial charge in [-0.2, -0.15) is 5.10 Å². The number of nitrogen functional groups attached to an aromatic ring is 1. The van der Waals surface area contributed by atoms with E-state index < -0.39 is 11.7 Å². The number of H-pyrrole nitrogens is 1. The SMILES string of the molecule is Cc1c(N)cc(C(=O)NC(C)c2ncn[nH]2)cc1F. The highest BCUT2D eigenvalue weighted by molar-refractivity contribution is 5.95. The van der Waals surface area contributed by atoms with Gasteiger partial charge in [-0.25, -0.2) is 9.37 Å². The Labute approximate surface area is 109 Å². The molecule has 1 amide bonds. The Bertz CT molecular complexity index is 573. The molecule has 0 saturated heterocycles. The average molecular weight is 263 g/mol.